The van der Waals surface area contributed by atoms with Crippen molar-refractivity contribution < 1.29 is 13.2 Å². The second-order valence-corrected chi connectivity index (χ2v) is 6.20. The van der Waals surface area contributed by atoms with Crippen LogP contribution < -0.4 is 4.90 Å². The first-order chi connectivity index (χ1) is 9.95. The fourth-order valence-corrected chi connectivity index (χ4v) is 3.77. The number of anilines is 1. The fraction of sp³-hybridized carbons (Fsp3) is 0.714. The van der Waals surface area contributed by atoms with E-state index in [2.05, 4.69) is 9.97 Å². The molecule has 0 radical (unpaired) electrons. The van der Waals surface area contributed by atoms with Gasteiger partial charge in [0.2, 0.25) is 5.82 Å². The SMILES string of the molecule is FC(F)(F)c1nc(Cl)cc(N2CCCC2C2CCCC2)n1. The molecule has 116 valence electrons. The van der Waals surface area contributed by atoms with Gasteiger partial charge in [-0.3, -0.25) is 0 Å². The second-order valence-electron chi connectivity index (χ2n) is 5.82. The van der Waals surface area contributed by atoms with Crippen LogP contribution in [0.25, 0.3) is 0 Å². The molecule has 1 atom stereocenters. The van der Waals surface area contributed by atoms with E-state index in [1.165, 1.54) is 18.9 Å². The third-order valence-corrected chi connectivity index (χ3v) is 4.67. The van der Waals surface area contributed by atoms with E-state index < -0.39 is 12.0 Å². The fourth-order valence-electron chi connectivity index (χ4n) is 3.59. The molecular formula is C14H17ClF3N3. The minimum absolute atomic E-state index is 0.149. The van der Waals surface area contributed by atoms with E-state index in [-0.39, 0.29) is 5.15 Å². The zero-order valence-corrected chi connectivity index (χ0v) is 12.3. The number of hydrogen-bond acceptors (Lipinski definition) is 3. The van der Waals surface area contributed by atoms with Crippen LogP contribution in [0.3, 0.4) is 0 Å². The van der Waals surface area contributed by atoms with E-state index in [4.69, 9.17) is 11.6 Å². The number of alkyl halides is 3. The summed E-state index contributed by atoms with van der Waals surface area (Å²) in [5, 5.41) is -0.149. The smallest absolute Gasteiger partial charge is 0.353 e. The summed E-state index contributed by atoms with van der Waals surface area (Å²) in [5.74, 6) is -0.269. The highest BCUT2D eigenvalue weighted by atomic mass is 35.5. The average Bonchev–Trinajstić information content (AvgIpc) is 3.07. The lowest BCUT2D eigenvalue weighted by Gasteiger charge is -2.30. The van der Waals surface area contributed by atoms with Crippen LogP contribution in [0.15, 0.2) is 6.07 Å². The van der Waals surface area contributed by atoms with Gasteiger partial charge in [-0.25, -0.2) is 9.97 Å². The van der Waals surface area contributed by atoms with Crippen molar-refractivity contribution in [2.24, 2.45) is 5.92 Å². The predicted molar refractivity (Wildman–Crippen MR) is 74.4 cm³/mol. The molecule has 1 aliphatic carbocycles. The quantitative estimate of drug-likeness (QED) is 0.761. The standard InChI is InChI=1S/C14H17ClF3N3/c15-11-8-12(20-13(19-11)14(16,17)18)21-7-3-6-10(21)9-4-1-2-5-9/h8-10H,1-7H2. The lowest BCUT2D eigenvalue weighted by molar-refractivity contribution is -0.144. The Morgan fingerprint density at radius 3 is 2.48 bits per heavy atom. The Morgan fingerprint density at radius 2 is 1.81 bits per heavy atom. The average molecular weight is 320 g/mol. The summed E-state index contributed by atoms with van der Waals surface area (Å²) in [6.45, 7) is 0.742. The van der Waals surface area contributed by atoms with Gasteiger partial charge in [0.05, 0.1) is 0 Å². The zero-order chi connectivity index (χ0) is 15.0. The molecule has 1 aromatic rings. The third-order valence-electron chi connectivity index (χ3n) is 4.47. The molecule has 2 aliphatic rings. The Hall–Kier alpha value is -1.04. The first-order valence-electron chi connectivity index (χ1n) is 7.33. The summed E-state index contributed by atoms with van der Waals surface area (Å²) in [6.07, 6.45) is 2.19. The first-order valence-corrected chi connectivity index (χ1v) is 7.71. The van der Waals surface area contributed by atoms with Gasteiger partial charge in [-0.2, -0.15) is 13.2 Å². The van der Waals surface area contributed by atoms with Crippen molar-refractivity contribution in [2.45, 2.75) is 50.7 Å². The van der Waals surface area contributed by atoms with Gasteiger partial charge in [0, 0.05) is 18.7 Å². The highest BCUT2D eigenvalue weighted by Gasteiger charge is 2.38. The maximum Gasteiger partial charge on any atom is 0.451 e. The molecule has 2 heterocycles. The molecule has 1 aromatic heterocycles. The lowest BCUT2D eigenvalue weighted by atomic mass is 9.96. The van der Waals surface area contributed by atoms with Crippen molar-refractivity contribution in [1.82, 2.24) is 9.97 Å². The minimum Gasteiger partial charge on any atom is -0.353 e. The van der Waals surface area contributed by atoms with Gasteiger partial charge < -0.3 is 4.90 Å². The lowest BCUT2D eigenvalue weighted by Crippen LogP contribution is -2.35. The van der Waals surface area contributed by atoms with Gasteiger partial charge in [-0.15, -0.1) is 0 Å². The normalized spacial score (nSPS) is 24.0. The summed E-state index contributed by atoms with van der Waals surface area (Å²) in [6, 6.07) is 1.74. The molecule has 0 spiro atoms. The largest absolute Gasteiger partial charge is 0.451 e. The second kappa shape index (κ2) is 5.63. The van der Waals surface area contributed by atoms with Gasteiger partial charge in [0.15, 0.2) is 0 Å². The molecule has 3 nitrogen and oxygen atoms in total. The minimum atomic E-state index is -4.57. The van der Waals surface area contributed by atoms with Crippen LogP contribution in [0.2, 0.25) is 5.15 Å². The Kier molecular flexibility index (Phi) is 3.99. The molecule has 7 heteroatoms. The topological polar surface area (TPSA) is 29.0 Å². The number of halogens is 4. The van der Waals surface area contributed by atoms with Crippen LogP contribution in [0.1, 0.15) is 44.3 Å². The molecule has 1 saturated carbocycles. The number of rotatable bonds is 2. The van der Waals surface area contributed by atoms with Gasteiger partial charge in [-0.1, -0.05) is 24.4 Å². The molecule has 1 saturated heterocycles. The van der Waals surface area contributed by atoms with Crippen LogP contribution in [0.4, 0.5) is 19.0 Å². The van der Waals surface area contributed by atoms with Crippen molar-refractivity contribution in [2.75, 3.05) is 11.4 Å². The maximum atomic E-state index is 12.8. The van der Waals surface area contributed by atoms with Crippen LogP contribution in [0, 0.1) is 5.92 Å². The summed E-state index contributed by atoms with van der Waals surface area (Å²) < 4.78 is 38.5. The molecule has 3 rings (SSSR count). The Labute approximate surface area is 126 Å². The molecular weight excluding hydrogens is 303 g/mol. The molecule has 0 bridgehead atoms. The Balaban J connectivity index is 1.90. The van der Waals surface area contributed by atoms with Crippen molar-refractivity contribution in [3.8, 4) is 0 Å². The predicted octanol–water partition coefficient (Wildman–Crippen LogP) is 4.31. The maximum absolute atomic E-state index is 12.8. The van der Waals surface area contributed by atoms with Crippen molar-refractivity contribution in [1.29, 1.82) is 0 Å². The Morgan fingerprint density at radius 1 is 1.10 bits per heavy atom. The molecule has 2 fully saturated rings. The first kappa shape index (κ1) is 14.9. The van der Waals surface area contributed by atoms with E-state index in [1.54, 1.807) is 0 Å². The molecule has 0 N–H and O–H groups in total. The molecule has 0 aromatic carbocycles. The molecule has 1 aliphatic heterocycles. The van der Waals surface area contributed by atoms with Gasteiger partial charge >= 0.3 is 6.18 Å². The van der Waals surface area contributed by atoms with E-state index >= 15 is 0 Å². The van der Waals surface area contributed by atoms with Crippen LogP contribution >= 0.6 is 11.6 Å². The summed E-state index contributed by atoms with van der Waals surface area (Å²) in [7, 11) is 0. The summed E-state index contributed by atoms with van der Waals surface area (Å²) >= 11 is 5.76. The van der Waals surface area contributed by atoms with Crippen molar-refractivity contribution in [3.63, 3.8) is 0 Å². The van der Waals surface area contributed by atoms with E-state index in [0.29, 0.717) is 17.8 Å². The highest BCUT2D eigenvalue weighted by Crippen LogP contribution is 2.38. The molecule has 21 heavy (non-hydrogen) atoms. The number of nitrogens with zero attached hydrogens (tertiary/aromatic N) is 3. The van der Waals surface area contributed by atoms with Gasteiger partial charge in [0.25, 0.3) is 0 Å². The van der Waals surface area contributed by atoms with Gasteiger partial charge in [0.1, 0.15) is 11.0 Å². The zero-order valence-electron chi connectivity index (χ0n) is 11.5. The van der Waals surface area contributed by atoms with E-state index in [1.807, 2.05) is 4.90 Å². The van der Waals surface area contributed by atoms with Crippen molar-refractivity contribution >= 4 is 17.4 Å². The summed E-state index contributed by atoms with van der Waals surface area (Å²) in [4.78, 5) is 9.01. The van der Waals surface area contributed by atoms with Crippen LogP contribution in [0.5, 0.6) is 0 Å². The molecule has 1 unspecified atom stereocenters. The van der Waals surface area contributed by atoms with E-state index in [9.17, 15) is 13.2 Å². The number of aromatic nitrogens is 2. The van der Waals surface area contributed by atoms with Crippen molar-refractivity contribution in [3.05, 3.63) is 17.0 Å². The Bertz CT molecular complexity index is 515. The monoisotopic (exact) mass is 319 g/mol. The summed E-state index contributed by atoms with van der Waals surface area (Å²) in [5.41, 5.74) is 0. The highest BCUT2D eigenvalue weighted by molar-refractivity contribution is 6.29. The van der Waals surface area contributed by atoms with Crippen LogP contribution in [-0.2, 0) is 6.18 Å². The molecule has 0 amide bonds. The van der Waals surface area contributed by atoms with Crippen LogP contribution in [-0.4, -0.2) is 22.6 Å². The van der Waals surface area contributed by atoms with E-state index in [0.717, 1.165) is 32.2 Å². The van der Waals surface area contributed by atoms with Gasteiger partial charge in [-0.05, 0) is 31.6 Å². The number of hydrogen-bond donors (Lipinski definition) is 0. The third kappa shape index (κ3) is 3.10.